The Morgan fingerprint density at radius 2 is 1.58 bits per heavy atom. The lowest BCUT2D eigenvalue weighted by atomic mass is 9.96. The van der Waals surface area contributed by atoms with Crippen molar-refractivity contribution in [3.63, 3.8) is 0 Å². The van der Waals surface area contributed by atoms with Gasteiger partial charge in [0.15, 0.2) is 0 Å². The largest absolute Gasteiger partial charge is 0.533 e. The van der Waals surface area contributed by atoms with Crippen molar-refractivity contribution in [3.05, 3.63) is 53.1 Å². The summed E-state index contributed by atoms with van der Waals surface area (Å²) in [4.78, 5) is 78.5. The first-order valence-corrected chi connectivity index (χ1v) is 14.6. The van der Waals surface area contributed by atoms with Gasteiger partial charge in [-0.15, -0.1) is 0 Å². The first-order chi connectivity index (χ1) is 20.7. The minimum atomic E-state index is -1.21. The lowest BCUT2D eigenvalue weighted by Crippen LogP contribution is -2.32. The SMILES string of the molecule is CCCNC(=O)CCCC(=O)Nc1ccc2c(c1)C(COC(=O)ON1C(=O)CCC1=O)c1cccc(C(=O)NCCC)c1-2. The molecular formula is C31H36N4O8. The monoisotopic (exact) mass is 592 g/mol. The second-order valence-electron chi connectivity index (χ2n) is 10.4. The average molecular weight is 593 g/mol. The summed E-state index contributed by atoms with van der Waals surface area (Å²) in [6.45, 7) is 4.82. The van der Waals surface area contributed by atoms with Crippen molar-refractivity contribution in [2.75, 3.05) is 25.0 Å². The van der Waals surface area contributed by atoms with Gasteiger partial charge in [0.2, 0.25) is 11.8 Å². The van der Waals surface area contributed by atoms with Crippen molar-refractivity contribution in [2.45, 2.75) is 64.7 Å². The van der Waals surface area contributed by atoms with Crippen LogP contribution >= 0.6 is 0 Å². The standard InChI is InChI=1S/C31H36N4O8/c1-3-15-32-25(36)9-6-10-26(37)34-19-11-12-21-23(17-19)24(18-42-31(41)43-35-27(38)13-14-28(35)39)20-7-5-8-22(29(20)21)30(40)33-16-4-2/h5,7-8,11-12,17,24H,3-4,6,9-10,13-16,18H2,1-2H3,(H,32,36)(H,33,40)(H,34,37). The van der Waals surface area contributed by atoms with Gasteiger partial charge >= 0.3 is 6.16 Å². The number of carbonyl (C=O) groups excluding carboxylic acids is 6. The normalized spacial score (nSPS) is 15.0. The Kier molecular flexibility index (Phi) is 10.5. The van der Waals surface area contributed by atoms with Crippen LogP contribution in [-0.2, 0) is 28.8 Å². The zero-order valence-corrected chi connectivity index (χ0v) is 24.3. The van der Waals surface area contributed by atoms with Gasteiger partial charge in [0, 0.05) is 55.9 Å². The van der Waals surface area contributed by atoms with E-state index in [1.807, 2.05) is 19.9 Å². The third kappa shape index (κ3) is 7.56. The fourth-order valence-corrected chi connectivity index (χ4v) is 5.08. The van der Waals surface area contributed by atoms with Gasteiger partial charge in [0.1, 0.15) is 6.61 Å². The number of ether oxygens (including phenoxy) is 1. The molecule has 0 spiro atoms. The maximum Gasteiger partial charge on any atom is 0.533 e. The number of hydrogen-bond acceptors (Lipinski definition) is 8. The van der Waals surface area contributed by atoms with Crippen molar-refractivity contribution in [3.8, 4) is 11.1 Å². The fraction of sp³-hybridized carbons (Fsp3) is 0.419. The highest BCUT2D eigenvalue weighted by molar-refractivity contribution is 6.04. The quantitative estimate of drug-likeness (QED) is 0.234. The Bertz CT molecular complexity index is 1410. The Morgan fingerprint density at radius 3 is 2.30 bits per heavy atom. The van der Waals surface area contributed by atoms with Crippen LogP contribution in [0.2, 0.25) is 0 Å². The highest BCUT2D eigenvalue weighted by Crippen LogP contribution is 2.47. The van der Waals surface area contributed by atoms with Crippen LogP contribution in [0, 0.1) is 0 Å². The summed E-state index contributed by atoms with van der Waals surface area (Å²) in [6.07, 6.45) is 1.12. The number of benzene rings is 2. The summed E-state index contributed by atoms with van der Waals surface area (Å²) in [5.41, 5.74) is 3.85. The summed E-state index contributed by atoms with van der Waals surface area (Å²) in [5.74, 6) is -2.36. The molecular weight excluding hydrogens is 556 g/mol. The molecule has 1 fully saturated rings. The molecule has 4 rings (SSSR count). The van der Waals surface area contributed by atoms with E-state index in [1.54, 1.807) is 30.3 Å². The van der Waals surface area contributed by atoms with Crippen molar-refractivity contribution >= 4 is 41.4 Å². The molecule has 43 heavy (non-hydrogen) atoms. The van der Waals surface area contributed by atoms with Crippen LogP contribution < -0.4 is 16.0 Å². The smallest absolute Gasteiger partial charge is 0.432 e. The van der Waals surface area contributed by atoms with Gasteiger partial charge in [-0.3, -0.25) is 28.8 Å². The van der Waals surface area contributed by atoms with Crippen LogP contribution in [-0.4, -0.2) is 60.5 Å². The van der Waals surface area contributed by atoms with Crippen molar-refractivity contribution in [1.29, 1.82) is 0 Å². The molecule has 2 aromatic rings. The molecule has 228 valence electrons. The highest BCUT2D eigenvalue weighted by Gasteiger charge is 2.36. The highest BCUT2D eigenvalue weighted by atomic mass is 16.8. The van der Waals surface area contributed by atoms with Crippen molar-refractivity contribution in [1.82, 2.24) is 15.7 Å². The summed E-state index contributed by atoms with van der Waals surface area (Å²) in [6, 6.07) is 10.6. The minimum Gasteiger partial charge on any atom is -0.432 e. The second kappa shape index (κ2) is 14.4. The lowest BCUT2D eigenvalue weighted by molar-refractivity contribution is -0.177. The number of rotatable bonds is 13. The molecule has 0 radical (unpaired) electrons. The van der Waals surface area contributed by atoms with Gasteiger partial charge in [-0.1, -0.05) is 37.1 Å². The maximum absolute atomic E-state index is 13.0. The molecule has 2 aliphatic rings. The zero-order chi connectivity index (χ0) is 30.9. The molecule has 1 aliphatic carbocycles. The third-order valence-electron chi connectivity index (χ3n) is 7.15. The molecule has 2 aromatic carbocycles. The van der Waals surface area contributed by atoms with Gasteiger partial charge in [0.25, 0.3) is 17.7 Å². The number of carbonyl (C=O) groups is 6. The number of anilines is 1. The van der Waals surface area contributed by atoms with Crippen LogP contribution in [0.15, 0.2) is 36.4 Å². The molecule has 0 saturated carbocycles. The third-order valence-corrected chi connectivity index (χ3v) is 7.15. The Balaban J connectivity index is 1.53. The van der Waals surface area contributed by atoms with Crippen LogP contribution in [0.3, 0.4) is 0 Å². The number of nitrogens with zero attached hydrogens (tertiary/aromatic N) is 1. The van der Waals surface area contributed by atoms with Crippen LogP contribution in [0.4, 0.5) is 10.5 Å². The molecule has 1 saturated heterocycles. The van der Waals surface area contributed by atoms with Crippen molar-refractivity contribution in [2.24, 2.45) is 0 Å². The van der Waals surface area contributed by atoms with E-state index < -0.39 is 23.9 Å². The summed E-state index contributed by atoms with van der Waals surface area (Å²) in [5, 5.41) is 8.96. The number of hydroxylamine groups is 2. The fourth-order valence-electron chi connectivity index (χ4n) is 5.08. The predicted molar refractivity (Wildman–Crippen MR) is 156 cm³/mol. The van der Waals surface area contributed by atoms with Crippen LogP contribution in [0.5, 0.6) is 0 Å². The van der Waals surface area contributed by atoms with E-state index in [2.05, 4.69) is 16.0 Å². The van der Waals surface area contributed by atoms with Gasteiger partial charge in [-0.05, 0) is 59.7 Å². The Labute approximate surface area is 249 Å². The number of imide groups is 1. The van der Waals surface area contributed by atoms with E-state index >= 15 is 0 Å². The van der Waals surface area contributed by atoms with Gasteiger partial charge in [-0.25, -0.2) is 4.79 Å². The molecule has 5 amide bonds. The molecule has 0 bridgehead atoms. The summed E-state index contributed by atoms with van der Waals surface area (Å²) < 4.78 is 5.35. The molecule has 12 nitrogen and oxygen atoms in total. The predicted octanol–water partition coefficient (Wildman–Crippen LogP) is 3.79. The van der Waals surface area contributed by atoms with E-state index in [0.717, 1.165) is 24.0 Å². The second-order valence-corrected chi connectivity index (χ2v) is 10.4. The number of fused-ring (bicyclic) bond motifs is 3. The Morgan fingerprint density at radius 1 is 0.884 bits per heavy atom. The lowest BCUT2D eigenvalue weighted by Gasteiger charge is -2.17. The van der Waals surface area contributed by atoms with Gasteiger partial charge in [0.05, 0.1) is 0 Å². The van der Waals surface area contributed by atoms with E-state index in [9.17, 15) is 28.8 Å². The number of amides is 5. The topological polar surface area (TPSA) is 160 Å². The summed E-state index contributed by atoms with van der Waals surface area (Å²) in [7, 11) is 0. The molecule has 3 N–H and O–H groups in total. The van der Waals surface area contributed by atoms with Gasteiger partial charge in [-0.2, -0.15) is 0 Å². The van der Waals surface area contributed by atoms with Crippen LogP contribution in [0.25, 0.3) is 11.1 Å². The molecule has 1 heterocycles. The van der Waals surface area contributed by atoms with E-state index in [4.69, 9.17) is 9.57 Å². The molecule has 1 atom stereocenters. The molecule has 0 aromatic heterocycles. The average Bonchev–Trinajstić information content (AvgIpc) is 3.48. The first kappa shape index (κ1) is 31.2. The maximum atomic E-state index is 13.0. The van der Waals surface area contributed by atoms with E-state index in [0.29, 0.717) is 47.0 Å². The van der Waals surface area contributed by atoms with Gasteiger partial charge < -0.3 is 20.7 Å². The summed E-state index contributed by atoms with van der Waals surface area (Å²) >= 11 is 0. The minimum absolute atomic E-state index is 0.0427. The van der Waals surface area contributed by atoms with Crippen molar-refractivity contribution < 1.29 is 38.3 Å². The number of hydrogen-bond donors (Lipinski definition) is 3. The molecule has 1 unspecified atom stereocenters. The zero-order valence-electron chi connectivity index (χ0n) is 24.3. The first-order valence-electron chi connectivity index (χ1n) is 14.6. The number of nitrogens with one attached hydrogen (secondary N) is 3. The Hall–Kier alpha value is -4.74. The molecule has 12 heteroatoms. The molecule has 1 aliphatic heterocycles. The van der Waals surface area contributed by atoms with E-state index in [-0.39, 0.29) is 50.0 Å². The van der Waals surface area contributed by atoms with Crippen LogP contribution in [0.1, 0.15) is 86.2 Å². The van der Waals surface area contributed by atoms with E-state index in [1.165, 1.54) is 0 Å².